The van der Waals surface area contributed by atoms with E-state index in [9.17, 15) is 9.50 Å². The van der Waals surface area contributed by atoms with Gasteiger partial charge in [0.1, 0.15) is 5.82 Å². The van der Waals surface area contributed by atoms with E-state index in [0.29, 0.717) is 10.9 Å². The number of hydrogen-bond acceptors (Lipinski definition) is 2. The van der Waals surface area contributed by atoms with Crippen molar-refractivity contribution >= 4 is 15.9 Å². The molecule has 18 heavy (non-hydrogen) atoms. The molecule has 0 saturated heterocycles. The Morgan fingerprint density at radius 2 is 2.06 bits per heavy atom. The van der Waals surface area contributed by atoms with E-state index in [-0.39, 0.29) is 11.4 Å². The van der Waals surface area contributed by atoms with Crippen LogP contribution in [0.2, 0.25) is 0 Å². The fraction of sp³-hybridized carbons (Fsp3) is 0.571. The number of aliphatic hydroxyl groups is 1. The Labute approximate surface area is 117 Å². The molecule has 0 heterocycles. The highest BCUT2D eigenvalue weighted by atomic mass is 79.9. The maximum absolute atomic E-state index is 13.1. The fourth-order valence-electron chi connectivity index (χ4n) is 1.96. The molecular formula is C14H21BrFNO. The Morgan fingerprint density at radius 1 is 1.44 bits per heavy atom. The predicted molar refractivity (Wildman–Crippen MR) is 76.2 cm³/mol. The van der Waals surface area contributed by atoms with Crippen molar-refractivity contribution in [1.82, 2.24) is 4.90 Å². The fourth-order valence-corrected chi connectivity index (χ4v) is 2.39. The second-order valence-electron chi connectivity index (χ2n) is 5.07. The summed E-state index contributed by atoms with van der Waals surface area (Å²) in [5.41, 5.74) is 0.651. The van der Waals surface area contributed by atoms with E-state index in [1.54, 1.807) is 12.1 Å². The smallest absolute Gasteiger partial charge is 0.137 e. The molecule has 4 heteroatoms. The van der Waals surface area contributed by atoms with Crippen LogP contribution >= 0.6 is 15.9 Å². The average Bonchev–Trinajstić information content (AvgIpc) is 2.32. The van der Waals surface area contributed by atoms with Crippen LogP contribution in [-0.4, -0.2) is 35.7 Å². The summed E-state index contributed by atoms with van der Waals surface area (Å²) in [4.78, 5) is 2.04. The third kappa shape index (κ3) is 3.31. The van der Waals surface area contributed by atoms with Crippen molar-refractivity contribution < 1.29 is 9.50 Å². The summed E-state index contributed by atoms with van der Waals surface area (Å²) in [6.07, 6.45) is 0.875. The van der Waals surface area contributed by atoms with Gasteiger partial charge < -0.3 is 10.0 Å². The molecule has 2 atom stereocenters. The van der Waals surface area contributed by atoms with Crippen LogP contribution in [0.15, 0.2) is 22.7 Å². The molecule has 0 amide bonds. The molecule has 102 valence electrons. The minimum absolute atomic E-state index is 0.277. The van der Waals surface area contributed by atoms with E-state index in [1.807, 2.05) is 25.9 Å². The van der Waals surface area contributed by atoms with Gasteiger partial charge in [0.25, 0.3) is 0 Å². The minimum atomic E-state index is -0.491. The quantitative estimate of drug-likeness (QED) is 0.901. The molecule has 1 N–H and O–H groups in total. The standard InChI is InChI=1S/C14H21BrFNO/c1-5-14(2,17(3)4)13(18)9-10-6-7-12(16)11(15)8-10/h6-8,13,18H,5,9H2,1-4H3. The van der Waals surface area contributed by atoms with Crippen LogP contribution in [0.3, 0.4) is 0 Å². The molecule has 0 radical (unpaired) electrons. The van der Waals surface area contributed by atoms with E-state index in [0.717, 1.165) is 12.0 Å². The molecule has 2 nitrogen and oxygen atoms in total. The number of nitrogens with zero attached hydrogens (tertiary/aromatic N) is 1. The van der Waals surface area contributed by atoms with Crippen molar-refractivity contribution in [3.63, 3.8) is 0 Å². The molecule has 2 unspecified atom stereocenters. The molecule has 1 aromatic carbocycles. The van der Waals surface area contributed by atoms with Crippen molar-refractivity contribution in [2.75, 3.05) is 14.1 Å². The summed E-state index contributed by atoms with van der Waals surface area (Å²) in [5, 5.41) is 10.4. The van der Waals surface area contributed by atoms with Gasteiger partial charge in [-0.05, 0) is 61.1 Å². The van der Waals surface area contributed by atoms with Crippen molar-refractivity contribution in [3.05, 3.63) is 34.1 Å². The highest BCUT2D eigenvalue weighted by Crippen LogP contribution is 2.25. The molecule has 0 bridgehead atoms. The van der Waals surface area contributed by atoms with E-state index in [1.165, 1.54) is 6.07 Å². The van der Waals surface area contributed by atoms with Gasteiger partial charge in [-0.3, -0.25) is 0 Å². The lowest BCUT2D eigenvalue weighted by Crippen LogP contribution is -2.51. The maximum Gasteiger partial charge on any atom is 0.137 e. The van der Waals surface area contributed by atoms with Gasteiger partial charge in [0.05, 0.1) is 10.6 Å². The Kier molecular flexibility index (Phi) is 5.32. The topological polar surface area (TPSA) is 23.5 Å². The Balaban J connectivity index is 2.86. The van der Waals surface area contributed by atoms with Crippen LogP contribution in [0.1, 0.15) is 25.8 Å². The number of benzene rings is 1. The average molecular weight is 318 g/mol. The monoisotopic (exact) mass is 317 g/mol. The normalized spacial score (nSPS) is 16.7. The van der Waals surface area contributed by atoms with Crippen LogP contribution in [0.25, 0.3) is 0 Å². The number of likely N-dealkylation sites (N-methyl/N-ethyl adjacent to an activating group) is 1. The van der Waals surface area contributed by atoms with Crippen LogP contribution in [0.5, 0.6) is 0 Å². The summed E-state index contributed by atoms with van der Waals surface area (Å²) in [6, 6.07) is 4.87. The number of halogens is 2. The zero-order valence-electron chi connectivity index (χ0n) is 11.4. The van der Waals surface area contributed by atoms with E-state index in [2.05, 4.69) is 22.9 Å². The summed E-state index contributed by atoms with van der Waals surface area (Å²) >= 11 is 3.17. The Hall–Kier alpha value is -0.450. The lowest BCUT2D eigenvalue weighted by Gasteiger charge is -2.40. The minimum Gasteiger partial charge on any atom is -0.391 e. The van der Waals surface area contributed by atoms with Crippen LogP contribution in [0, 0.1) is 5.82 Å². The highest BCUT2D eigenvalue weighted by Gasteiger charge is 2.33. The molecule has 1 rings (SSSR count). The lowest BCUT2D eigenvalue weighted by atomic mass is 9.86. The van der Waals surface area contributed by atoms with Gasteiger partial charge >= 0.3 is 0 Å². The third-order valence-corrected chi connectivity index (χ3v) is 4.48. The number of aliphatic hydroxyl groups excluding tert-OH is 1. The van der Waals surface area contributed by atoms with Gasteiger partial charge in [0.2, 0.25) is 0 Å². The van der Waals surface area contributed by atoms with Gasteiger partial charge in [-0.2, -0.15) is 0 Å². The molecule has 0 aliphatic carbocycles. The maximum atomic E-state index is 13.1. The molecular weight excluding hydrogens is 297 g/mol. The molecule has 0 aromatic heterocycles. The molecule has 1 aromatic rings. The molecule has 0 aliphatic heterocycles. The summed E-state index contributed by atoms with van der Waals surface area (Å²) < 4.78 is 13.6. The second kappa shape index (κ2) is 6.13. The predicted octanol–water partition coefficient (Wildman–Crippen LogP) is 3.22. The number of hydrogen-bond donors (Lipinski definition) is 1. The first-order valence-electron chi connectivity index (χ1n) is 6.10. The van der Waals surface area contributed by atoms with Gasteiger partial charge in [-0.1, -0.05) is 13.0 Å². The van der Waals surface area contributed by atoms with Gasteiger partial charge in [0.15, 0.2) is 0 Å². The van der Waals surface area contributed by atoms with Gasteiger partial charge in [-0.15, -0.1) is 0 Å². The highest BCUT2D eigenvalue weighted by molar-refractivity contribution is 9.10. The van der Waals surface area contributed by atoms with E-state index >= 15 is 0 Å². The Morgan fingerprint density at radius 3 is 2.50 bits per heavy atom. The number of rotatable bonds is 5. The largest absolute Gasteiger partial charge is 0.391 e. The first-order valence-corrected chi connectivity index (χ1v) is 6.90. The Bertz CT molecular complexity index is 411. The first-order chi connectivity index (χ1) is 8.31. The third-order valence-electron chi connectivity index (χ3n) is 3.87. The molecule has 0 saturated carbocycles. The van der Waals surface area contributed by atoms with Crippen LogP contribution < -0.4 is 0 Å². The van der Waals surface area contributed by atoms with Crippen molar-refractivity contribution in [3.8, 4) is 0 Å². The zero-order chi connectivity index (χ0) is 13.9. The summed E-state index contributed by atoms with van der Waals surface area (Å²) in [5.74, 6) is -0.279. The molecule has 0 fully saturated rings. The molecule has 0 aliphatic rings. The van der Waals surface area contributed by atoms with Crippen LogP contribution in [-0.2, 0) is 6.42 Å². The van der Waals surface area contributed by atoms with E-state index in [4.69, 9.17) is 0 Å². The second-order valence-corrected chi connectivity index (χ2v) is 5.93. The van der Waals surface area contributed by atoms with Crippen molar-refractivity contribution in [1.29, 1.82) is 0 Å². The summed E-state index contributed by atoms with van der Waals surface area (Å²) in [6.45, 7) is 4.10. The van der Waals surface area contributed by atoms with Crippen LogP contribution in [0.4, 0.5) is 4.39 Å². The van der Waals surface area contributed by atoms with Gasteiger partial charge in [0, 0.05) is 12.0 Å². The first kappa shape index (κ1) is 15.6. The lowest BCUT2D eigenvalue weighted by molar-refractivity contribution is 0.00299. The van der Waals surface area contributed by atoms with Crippen molar-refractivity contribution in [2.45, 2.75) is 38.3 Å². The molecule has 0 spiro atoms. The SMILES string of the molecule is CCC(C)(C(O)Cc1ccc(F)c(Br)c1)N(C)C. The van der Waals surface area contributed by atoms with E-state index < -0.39 is 6.10 Å². The van der Waals surface area contributed by atoms with Crippen molar-refractivity contribution in [2.24, 2.45) is 0 Å². The summed E-state index contributed by atoms with van der Waals surface area (Å²) in [7, 11) is 3.93. The van der Waals surface area contributed by atoms with Gasteiger partial charge in [-0.25, -0.2) is 4.39 Å². The zero-order valence-corrected chi connectivity index (χ0v) is 13.0.